The number of carboxylic acid groups (broad SMARTS) is 1. The van der Waals surface area contributed by atoms with Crippen LogP contribution in [0.4, 0.5) is 0 Å². The van der Waals surface area contributed by atoms with Gasteiger partial charge in [-0.15, -0.1) is 0 Å². The van der Waals surface area contributed by atoms with Crippen molar-refractivity contribution in [1.82, 2.24) is 0 Å². The van der Waals surface area contributed by atoms with Gasteiger partial charge in [-0.2, -0.15) is 0 Å². The summed E-state index contributed by atoms with van der Waals surface area (Å²) in [6.45, 7) is 1.11. The molecule has 0 rings (SSSR count). The SMILES string of the molecule is CCCCCCCCC=CCCCCCCCC(=O)OC[C@@H](COC)OP(=O)(O)OC[C@H](N)C(=O)O. The number of carbonyl (C=O) groups excluding carboxylic acids is 1. The molecule has 0 spiro atoms. The Morgan fingerprint density at radius 1 is 0.889 bits per heavy atom. The van der Waals surface area contributed by atoms with Crippen molar-refractivity contribution in [1.29, 1.82) is 0 Å². The Morgan fingerprint density at radius 2 is 1.44 bits per heavy atom. The van der Waals surface area contributed by atoms with Crippen LogP contribution in [0.15, 0.2) is 12.2 Å². The van der Waals surface area contributed by atoms with Gasteiger partial charge in [0.1, 0.15) is 18.8 Å². The van der Waals surface area contributed by atoms with Crippen molar-refractivity contribution >= 4 is 19.8 Å². The Hall–Kier alpha value is -1.29. The van der Waals surface area contributed by atoms with Crippen LogP contribution in [0.1, 0.15) is 96.8 Å². The molecule has 0 aliphatic rings. The molecule has 0 fully saturated rings. The summed E-state index contributed by atoms with van der Waals surface area (Å²) in [5.41, 5.74) is 5.23. The zero-order chi connectivity index (χ0) is 27.1. The summed E-state index contributed by atoms with van der Waals surface area (Å²) in [6, 6.07) is -1.47. The summed E-state index contributed by atoms with van der Waals surface area (Å²) in [4.78, 5) is 32.4. The number of aliphatic carboxylic acids is 1. The molecule has 10 nitrogen and oxygen atoms in total. The molecule has 0 bridgehead atoms. The molecule has 0 aliphatic heterocycles. The van der Waals surface area contributed by atoms with Crippen molar-refractivity contribution in [3.63, 3.8) is 0 Å². The van der Waals surface area contributed by atoms with Crippen LogP contribution in [-0.2, 0) is 32.7 Å². The van der Waals surface area contributed by atoms with Gasteiger partial charge in [-0.1, -0.05) is 70.4 Å². The van der Waals surface area contributed by atoms with E-state index in [2.05, 4.69) is 23.6 Å². The van der Waals surface area contributed by atoms with E-state index in [1.54, 1.807) is 0 Å². The molecule has 3 atom stereocenters. The normalized spacial score (nSPS) is 15.0. The summed E-state index contributed by atoms with van der Waals surface area (Å²) < 4.78 is 31.5. The minimum absolute atomic E-state index is 0.125. The molecule has 0 heterocycles. The number of phosphoric ester groups is 1. The molecule has 0 aromatic heterocycles. The second-order valence-corrected chi connectivity index (χ2v) is 10.3. The number of unbranched alkanes of at least 4 members (excludes halogenated alkanes) is 11. The minimum atomic E-state index is -4.60. The predicted molar refractivity (Wildman–Crippen MR) is 139 cm³/mol. The van der Waals surface area contributed by atoms with E-state index in [4.69, 9.17) is 24.8 Å². The molecule has 11 heteroatoms. The predicted octanol–water partition coefficient (Wildman–Crippen LogP) is 5.13. The summed E-state index contributed by atoms with van der Waals surface area (Å²) in [6.07, 6.45) is 18.9. The zero-order valence-electron chi connectivity index (χ0n) is 22.1. The average Bonchev–Trinajstić information content (AvgIpc) is 2.83. The lowest BCUT2D eigenvalue weighted by Gasteiger charge is -2.20. The standard InChI is InChI=1S/C25H48NO9P/c1-3-4-5-6-7-8-9-10-11-12-13-14-15-16-17-18-24(27)33-20-22(19-32-2)35-36(30,31)34-21-23(26)25(28)29/h10-11,22-23H,3-9,12-21,26H2,1-2H3,(H,28,29)(H,30,31)/t22-,23+/m1/s1. The van der Waals surface area contributed by atoms with Crippen LogP contribution in [0.3, 0.4) is 0 Å². The van der Waals surface area contributed by atoms with E-state index in [1.165, 1.54) is 52.1 Å². The lowest BCUT2D eigenvalue weighted by molar-refractivity contribution is -0.147. The Balaban J connectivity index is 3.86. The largest absolute Gasteiger partial charge is 0.480 e. The van der Waals surface area contributed by atoms with Crippen LogP contribution < -0.4 is 5.73 Å². The number of methoxy groups -OCH3 is 1. The fourth-order valence-electron chi connectivity index (χ4n) is 3.36. The van der Waals surface area contributed by atoms with Gasteiger partial charge in [-0.25, -0.2) is 4.57 Å². The first-order valence-electron chi connectivity index (χ1n) is 13.2. The van der Waals surface area contributed by atoms with E-state index in [9.17, 15) is 19.0 Å². The number of allylic oxidation sites excluding steroid dienone is 2. The summed E-state index contributed by atoms with van der Waals surface area (Å²) >= 11 is 0. The van der Waals surface area contributed by atoms with E-state index in [0.29, 0.717) is 6.42 Å². The molecule has 212 valence electrons. The number of hydrogen-bond acceptors (Lipinski definition) is 8. The smallest absolute Gasteiger partial charge is 0.472 e. The molecule has 0 amide bonds. The Bertz CT molecular complexity index is 645. The third-order valence-electron chi connectivity index (χ3n) is 5.44. The molecule has 0 saturated carbocycles. The van der Waals surface area contributed by atoms with Gasteiger partial charge < -0.3 is 25.2 Å². The molecular formula is C25H48NO9P. The topological polar surface area (TPSA) is 155 Å². The van der Waals surface area contributed by atoms with Crippen molar-refractivity contribution in [3.05, 3.63) is 12.2 Å². The molecule has 0 radical (unpaired) electrons. The first-order valence-corrected chi connectivity index (χ1v) is 14.6. The molecule has 0 aromatic carbocycles. The second kappa shape index (κ2) is 22.9. The van der Waals surface area contributed by atoms with E-state index in [-0.39, 0.29) is 19.6 Å². The van der Waals surface area contributed by atoms with E-state index < -0.39 is 38.5 Å². The highest BCUT2D eigenvalue weighted by Gasteiger charge is 2.29. The Labute approximate surface area is 216 Å². The zero-order valence-corrected chi connectivity index (χ0v) is 23.0. The van der Waals surface area contributed by atoms with Crippen LogP contribution in [-0.4, -0.2) is 61.0 Å². The van der Waals surface area contributed by atoms with Gasteiger partial charge in [0.05, 0.1) is 13.2 Å². The maximum atomic E-state index is 12.0. The number of esters is 1. The van der Waals surface area contributed by atoms with Crippen molar-refractivity contribution in [2.75, 3.05) is 26.9 Å². The molecule has 0 aromatic rings. The lowest BCUT2D eigenvalue weighted by atomic mass is 10.1. The van der Waals surface area contributed by atoms with Crippen LogP contribution >= 0.6 is 7.82 Å². The van der Waals surface area contributed by atoms with E-state index >= 15 is 0 Å². The van der Waals surface area contributed by atoms with Crippen molar-refractivity contribution < 1.29 is 42.7 Å². The van der Waals surface area contributed by atoms with Crippen LogP contribution in [0, 0.1) is 0 Å². The average molecular weight is 538 g/mol. The first kappa shape index (κ1) is 34.7. The van der Waals surface area contributed by atoms with E-state index in [0.717, 1.165) is 32.1 Å². The fraction of sp³-hybridized carbons (Fsp3) is 0.840. The number of hydrogen-bond donors (Lipinski definition) is 3. The highest BCUT2D eigenvalue weighted by molar-refractivity contribution is 7.47. The molecule has 0 saturated heterocycles. The maximum absolute atomic E-state index is 12.0. The third kappa shape index (κ3) is 21.9. The summed E-state index contributed by atoms with van der Waals surface area (Å²) in [5.74, 6) is -1.81. The van der Waals surface area contributed by atoms with Crippen molar-refractivity contribution in [2.45, 2.75) is 109 Å². The van der Waals surface area contributed by atoms with Crippen LogP contribution in [0.2, 0.25) is 0 Å². The van der Waals surface area contributed by atoms with Gasteiger partial charge in [0, 0.05) is 13.5 Å². The fourth-order valence-corrected chi connectivity index (χ4v) is 4.27. The van der Waals surface area contributed by atoms with Crippen LogP contribution in [0.25, 0.3) is 0 Å². The third-order valence-corrected chi connectivity index (χ3v) is 6.48. The number of phosphoric acid groups is 1. The molecule has 36 heavy (non-hydrogen) atoms. The number of rotatable bonds is 25. The summed E-state index contributed by atoms with van der Waals surface area (Å²) in [7, 11) is -3.25. The number of ether oxygens (including phenoxy) is 2. The van der Waals surface area contributed by atoms with Gasteiger partial charge in [0.25, 0.3) is 0 Å². The van der Waals surface area contributed by atoms with Gasteiger partial charge in [-0.3, -0.25) is 18.6 Å². The Morgan fingerprint density at radius 3 is 2.00 bits per heavy atom. The van der Waals surface area contributed by atoms with Crippen molar-refractivity contribution in [2.24, 2.45) is 5.73 Å². The first-order chi connectivity index (χ1) is 17.2. The monoisotopic (exact) mass is 537 g/mol. The van der Waals surface area contributed by atoms with Gasteiger partial charge in [0.2, 0.25) is 0 Å². The van der Waals surface area contributed by atoms with Crippen molar-refractivity contribution in [3.8, 4) is 0 Å². The Kier molecular flexibility index (Phi) is 22.1. The molecule has 0 aliphatic carbocycles. The second-order valence-electron chi connectivity index (χ2n) is 8.91. The molecule has 1 unspecified atom stereocenters. The van der Waals surface area contributed by atoms with Gasteiger partial charge >= 0.3 is 19.8 Å². The van der Waals surface area contributed by atoms with E-state index in [1.807, 2.05) is 0 Å². The number of carbonyl (C=O) groups is 2. The number of carboxylic acids is 1. The highest BCUT2D eigenvalue weighted by Crippen LogP contribution is 2.44. The molecule has 4 N–H and O–H groups in total. The number of nitrogens with two attached hydrogens (primary N) is 1. The maximum Gasteiger partial charge on any atom is 0.472 e. The van der Waals surface area contributed by atoms with Gasteiger partial charge in [-0.05, 0) is 32.1 Å². The lowest BCUT2D eigenvalue weighted by Crippen LogP contribution is -2.35. The van der Waals surface area contributed by atoms with Crippen LogP contribution in [0.5, 0.6) is 0 Å². The quantitative estimate of drug-likeness (QED) is 0.0618. The highest BCUT2D eigenvalue weighted by atomic mass is 31.2. The molecular weight excluding hydrogens is 489 g/mol. The minimum Gasteiger partial charge on any atom is -0.480 e. The van der Waals surface area contributed by atoms with Gasteiger partial charge in [0.15, 0.2) is 0 Å². The summed E-state index contributed by atoms with van der Waals surface area (Å²) in [5, 5.41) is 8.70.